The van der Waals surface area contributed by atoms with Crippen LogP contribution in [-0.4, -0.2) is 43.2 Å². The Balaban J connectivity index is 2.51. The van der Waals surface area contributed by atoms with Crippen molar-refractivity contribution in [3.63, 3.8) is 0 Å². The third-order valence-corrected chi connectivity index (χ3v) is 3.00. The lowest BCUT2D eigenvalue weighted by molar-refractivity contribution is 0.131. The number of benzene rings is 1. The van der Waals surface area contributed by atoms with Gasteiger partial charge in [-0.1, -0.05) is 0 Å². The molecule has 0 aliphatic heterocycles. The van der Waals surface area contributed by atoms with Crippen LogP contribution in [0, 0.1) is 11.6 Å². The van der Waals surface area contributed by atoms with Crippen LogP contribution in [0.1, 0.15) is 25.0 Å². The summed E-state index contributed by atoms with van der Waals surface area (Å²) in [6, 6.07) is 2.78. The van der Waals surface area contributed by atoms with E-state index in [2.05, 4.69) is 10.2 Å². The fraction of sp³-hybridized carbons (Fsp3) is 0.571. The summed E-state index contributed by atoms with van der Waals surface area (Å²) in [7, 11) is 3.97. The minimum atomic E-state index is -1.06. The van der Waals surface area contributed by atoms with Crippen LogP contribution >= 0.6 is 0 Å². The highest BCUT2D eigenvalue weighted by Gasteiger charge is 2.19. The Morgan fingerprint density at radius 3 is 2.63 bits per heavy atom. The van der Waals surface area contributed by atoms with Crippen LogP contribution in [0.4, 0.5) is 8.78 Å². The second kappa shape index (κ2) is 7.53. The third-order valence-electron chi connectivity index (χ3n) is 3.00. The van der Waals surface area contributed by atoms with Gasteiger partial charge in [0.2, 0.25) is 0 Å². The topological polar surface area (TPSA) is 35.5 Å². The molecule has 5 heteroatoms. The summed E-state index contributed by atoms with van der Waals surface area (Å²) >= 11 is 0. The van der Waals surface area contributed by atoms with Gasteiger partial charge in [-0.2, -0.15) is 0 Å². The number of hydrogen-bond donors (Lipinski definition) is 2. The molecule has 0 spiro atoms. The van der Waals surface area contributed by atoms with E-state index in [0.717, 1.165) is 31.2 Å². The molecule has 2 N–H and O–H groups in total. The second-order valence-electron chi connectivity index (χ2n) is 5.01. The molecule has 1 aromatic carbocycles. The number of aliphatic hydroxyl groups is 1. The number of hydrogen-bond acceptors (Lipinski definition) is 3. The Hall–Kier alpha value is -1.04. The maximum absolute atomic E-state index is 13.5. The first-order chi connectivity index (χ1) is 8.91. The molecule has 0 aliphatic rings. The van der Waals surface area contributed by atoms with Crippen LogP contribution in [0.25, 0.3) is 0 Å². The molecular weight excluding hydrogens is 250 g/mol. The minimum absolute atomic E-state index is 0.00684. The van der Waals surface area contributed by atoms with E-state index in [1.54, 1.807) is 6.92 Å². The molecular formula is C14H22F2N2O. The van der Waals surface area contributed by atoms with Gasteiger partial charge in [-0.25, -0.2) is 8.78 Å². The van der Waals surface area contributed by atoms with Gasteiger partial charge in [0, 0.05) is 11.6 Å². The fourth-order valence-corrected chi connectivity index (χ4v) is 1.85. The van der Waals surface area contributed by atoms with Gasteiger partial charge in [0.1, 0.15) is 11.6 Å². The first-order valence-corrected chi connectivity index (χ1v) is 6.43. The lowest BCUT2D eigenvalue weighted by atomic mass is 10.0. The van der Waals surface area contributed by atoms with Crippen molar-refractivity contribution < 1.29 is 13.9 Å². The van der Waals surface area contributed by atoms with Crippen molar-refractivity contribution in [2.24, 2.45) is 0 Å². The van der Waals surface area contributed by atoms with Crippen LogP contribution in [-0.2, 0) is 0 Å². The van der Waals surface area contributed by atoms with E-state index < -0.39 is 17.7 Å². The molecule has 0 amide bonds. The normalized spacial score (nSPS) is 14.7. The highest BCUT2D eigenvalue weighted by atomic mass is 19.1. The number of nitrogens with one attached hydrogen (secondary N) is 1. The molecule has 2 atom stereocenters. The van der Waals surface area contributed by atoms with Crippen LogP contribution in [0.15, 0.2) is 18.2 Å². The summed E-state index contributed by atoms with van der Waals surface area (Å²) in [5.74, 6) is -1.13. The monoisotopic (exact) mass is 272 g/mol. The Morgan fingerprint density at radius 1 is 1.32 bits per heavy atom. The third kappa shape index (κ3) is 5.22. The molecule has 1 rings (SSSR count). The Labute approximate surface area is 113 Å². The molecule has 0 saturated carbocycles. The van der Waals surface area contributed by atoms with E-state index in [1.807, 2.05) is 14.1 Å². The van der Waals surface area contributed by atoms with E-state index in [9.17, 15) is 13.9 Å². The summed E-state index contributed by atoms with van der Waals surface area (Å²) in [6.07, 6.45) is -0.134. The summed E-state index contributed by atoms with van der Waals surface area (Å²) in [4.78, 5) is 2.06. The van der Waals surface area contributed by atoms with E-state index in [1.165, 1.54) is 0 Å². The number of halogens is 2. The summed E-state index contributed by atoms with van der Waals surface area (Å²) in [6.45, 7) is 3.40. The molecule has 0 heterocycles. The lowest BCUT2D eigenvalue weighted by Crippen LogP contribution is -2.34. The van der Waals surface area contributed by atoms with Crippen molar-refractivity contribution in [1.29, 1.82) is 0 Å². The van der Waals surface area contributed by atoms with Gasteiger partial charge in [-0.3, -0.25) is 0 Å². The number of nitrogens with zero attached hydrogens (tertiary/aromatic N) is 1. The standard InChI is InChI=1S/C14H22F2N2O/c1-10(17-7-4-8-18(2)3)14(19)12-9-11(15)5-6-13(12)16/h5-6,9-10,14,17,19H,4,7-8H2,1-3H3. The maximum Gasteiger partial charge on any atom is 0.129 e. The van der Waals surface area contributed by atoms with Crippen molar-refractivity contribution in [1.82, 2.24) is 10.2 Å². The lowest BCUT2D eigenvalue weighted by Gasteiger charge is -2.21. The molecule has 0 aliphatic carbocycles. The predicted octanol–water partition coefficient (Wildman–Crippen LogP) is 1.93. The molecule has 0 bridgehead atoms. The van der Waals surface area contributed by atoms with E-state index in [0.29, 0.717) is 6.54 Å². The van der Waals surface area contributed by atoms with Gasteiger partial charge in [-0.05, 0) is 58.7 Å². The maximum atomic E-state index is 13.5. The number of rotatable bonds is 7. The van der Waals surface area contributed by atoms with Crippen molar-refractivity contribution >= 4 is 0 Å². The van der Waals surface area contributed by atoms with Gasteiger partial charge < -0.3 is 15.3 Å². The average molecular weight is 272 g/mol. The van der Waals surface area contributed by atoms with Gasteiger partial charge in [0.05, 0.1) is 6.10 Å². The molecule has 0 fully saturated rings. The van der Waals surface area contributed by atoms with Gasteiger partial charge >= 0.3 is 0 Å². The van der Waals surface area contributed by atoms with Crippen molar-refractivity contribution in [3.05, 3.63) is 35.4 Å². The predicted molar refractivity (Wildman–Crippen MR) is 72.0 cm³/mol. The fourth-order valence-electron chi connectivity index (χ4n) is 1.85. The average Bonchev–Trinajstić information content (AvgIpc) is 2.36. The van der Waals surface area contributed by atoms with Gasteiger partial charge in [-0.15, -0.1) is 0 Å². The molecule has 1 aromatic rings. The first-order valence-electron chi connectivity index (χ1n) is 6.43. The molecule has 0 saturated heterocycles. The minimum Gasteiger partial charge on any atom is -0.387 e. The van der Waals surface area contributed by atoms with Crippen LogP contribution in [0.5, 0.6) is 0 Å². The van der Waals surface area contributed by atoms with Crippen molar-refractivity contribution in [2.75, 3.05) is 27.2 Å². The van der Waals surface area contributed by atoms with Crippen LogP contribution in [0.3, 0.4) is 0 Å². The zero-order valence-electron chi connectivity index (χ0n) is 11.7. The molecule has 0 radical (unpaired) electrons. The van der Waals surface area contributed by atoms with Crippen LogP contribution < -0.4 is 5.32 Å². The summed E-state index contributed by atoms with van der Waals surface area (Å²) in [5, 5.41) is 13.1. The largest absolute Gasteiger partial charge is 0.387 e. The summed E-state index contributed by atoms with van der Waals surface area (Å²) in [5.41, 5.74) is -0.00684. The van der Waals surface area contributed by atoms with E-state index in [-0.39, 0.29) is 11.6 Å². The highest BCUT2D eigenvalue weighted by molar-refractivity contribution is 5.22. The molecule has 0 aromatic heterocycles. The van der Waals surface area contributed by atoms with E-state index in [4.69, 9.17) is 0 Å². The SMILES string of the molecule is CC(NCCCN(C)C)C(O)c1cc(F)ccc1F. The molecule has 19 heavy (non-hydrogen) atoms. The van der Waals surface area contributed by atoms with Crippen molar-refractivity contribution in [2.45, 2.75) is 25.5 Å². The smallest absolute Gasteiger partial charge is 0.129 e. The quantitative estimate of drug-likeness (QED) is 0.745. The van der Waals surface area contributed by atoms with Crippen LogP contribution in [0.2, 0.25) is 0 Å². The Kier molecular flexibility index (Phi) is 6.34. The van der Waals surface area contributed by atoms with Gasteiger partial charge in [0.15, 0.2) is 0 Å². The molecule has 108 valence electrons. The van der Waals surface area contributed by atoms with E-state index >= 15 is 0 Å². The Morgan fingerprint density at radius 2 is 2.00 bits per heavy atom. The first kappa shape index (κ1) is 16.0. The summed E-state index contributed by atoms with van der Waals surface area (Å²) < 4.78 is 26.6. The Bertz CT molecular complexity index is 399. The zero-order valence-corrected chi connectivity index (χ0v) is 11.7. The highest BCUT2D eigenvalue weighted by Crippen LogP contribution is 2.21. The molecule has 3 nitrogen and oxygen atoms in total. The van der Waals surface area contributed by atoms with Crippen molar-refractivity contribution in [3.8, 4) is 0 Å². The molecule has 2 unspecified atom stereocenters. The second-order valence-corrected chi connectivity index (χ2v) is 5.01. The van der Waals surface area contributed by atoms with Gasteiger partial charge in [0.25, 0.3) is 0 Å². The number of aliphatic hydroxyl groups excluding tert-OH is 1. The zero-order chi connectivity index (χ0) is 14.4.